The summed E-state index contributed by atoms with van der Waals surface area (Å²) in [7, 11) is -6.66. The maximum atomic E-state index is 12.8. The van der Waals surface area contributed by atoms with Gasteiger partial charge in [0.15, 0.2) is 0 Å². The maximum absolute atomic E-state index is 12.8. The molecule has 0 saturated carbocycles. The van der Waals surface area contributed by atoms with Gasteiger partial charge in [0, 0.05) is 13.1 Å². The van der Waals surface area contributed by atoms with Gasteiger partial charge in [0.1, 0.15) is 6.04 Å². The number of nitrogens with zero attached hydrogens (tertiary/aromatic N) is 1. The zero-order valence-electron chi connectivity index (χ0n) is 16.9. The molecular formula is C20H24N2O7S2. The first-order chi connectivity index (χ1) is 14.7. The van der Waals surface area contributed by atoms with Gasteiger partial charge in [-0.05, 0) is 36.2 Å². The molecule has 0 aromatic heterocycles. The zero-order chi connectivity index (χ0) is 22.5. The van der Waals surface area contributed by atoms with Gasteiger partial charge in [-0.1, -0.05) is 30.3 Å². The van der Waals surface area contributed by atoms with Crippen LogP contribution in [-0.2, 0) is 40.7 Å². The number of morpholine rings is 1. The van der Waals surface area contributed by atoms with E-state index in [4.69, 9.17) is 9.47 Å². The van der Waals surface area contributed by atoms with E-state index in [9.17, 15) is 21.6 Å². The molecule has 31 heavy (non-hydrogen) atoms. The van der Waals surface area contributed by atoms with Crippen LogP contribution in [0.4, 0.5) is 0 Å². The first-order valence-corrected chi connectivity index (χ1v) is 12.5. The normalized spacial score (nSPS) is 16.5. The summed E-state index contributed by atoms with van der Waals surface area (Å²) in [5.74, 6) is -0.723. The van der Waals surface area contributed by atoms with Crippen molar-refractivity contribution in [1.29, 1.82) is 0 Å². The fourth-order valence-electron chi connectivity index (χ4n) is 3.15. The summed E-state index contributed by atoms with van der Waals surface area (Å²) in [4.78, 5) is 12.0. The molecule has 0 bridgehead atoms. The van der Waals surface area contributed by atoms with Gasteiger partial charge in [-0.2, -0.15) is 9.03 Å². The van der Waals surface area contributed by atoms with Crippen LogP contribution in [0.25, 0.3) is 0 Å². The Morgan fingerprint density at radius 3 is 2.16 bits per heavy atom. The van der Waals surface area contributed by atoms with E-state index in [0.29, 0.717) is 13.2 Å². The van der Waals surface area contributed by atoms with Gasteiger partial charge in [0.05, 0.1) is 30.1 Å². The molecule has 2 aromatic carbocycles. The van der Waals surface area contributed by atoms with Gasteiger partial charge >= 0.3 is 5.97 Å². The molecule has 168 valence electrons. The summed E-state index contributed by atoms with van der Waals surface area (Å²) in [6.07, 6.45) is 0.107. The lowest BCUT2D eigenvalue weighted by Crippen LogP contribution is -2.43. The van der Waals surface area contributed by atoms with Gasteiger partial charge in [-0.15, -0.1) is 0 Å². The quantitative estimate of drug-likeness (QED) is 0.569. The minimum Gasteiger partial charge on any atom is -0.468 e. The average molecular weight is 469 g/mol. The SMILES string of the molecule is COC(=O)C(Cc1ccccc1)NS(=O)(=O)c1ccc(S(=O)(=O)N2CCOCC2)cc1. The first kappa shape index (κ1) is 23.4. The molecule has 1 heterocycles. The van der Waals surface area contributed by atoms with Gasteiger partial charge in [0.2, 0.25) is 20.0 Å². The molecule has 1 aliphatic heterocycles. The van der Waals surface area contributed by atoms with Crippen molar-refractivity contribution in [3.05, 3.63) is 60.2 Å². The monoisotopic (exact) mass is 468 g/mol. The molecule has 0 radical (unpaired) electrons. The third-order valence-corrected chi connectivity index (χ3v) is 8.21. The molecule has 0 spiro atoms. The highest BCUT2D eigenvalue weighted by Gasteiger charge is 2.29. The highest BCUT2D eigenvalue weighted by atomic mass is 32.2. The van der Waals surface area contributed by atoms with Crippen LogP contribution in [0, 0.1) is 0 Å². The fourth-order valence-corrected chi connectivity index (χ4v) is 5.74. The molecule has 0 amide bonds. The second-order valence-corrected chi connectivity index (χ2v) is 10.5. The fraction of sp³-hybridized carbons (Fsp3) is 0.350. The Labute approximate surface area is 182 Å². The molecule has 2 aromatic rings. The van der Waals surface area contributed by atoms with E-state index in [1.165, 1.54) is 35.7 Å². The number of benzene rings is 2. The van der Waals surface area contributed by atoms with Crippen molar-refractivity contribution >= 4 is 26.0 Å². The Hall–Kier alpha value is -2.31. The molecule has 1 saturated heterocycles. The molecule has 1 aliphatic rings. The largest absolute Gasteiger partial charge is 0.468 e. The van der Waals surface area contributed by atoms with Crippen LogP contribution in [-0.4, -0.2) is 66.6 Å². The minimum absolute atomic E-state index is 0.0119. The molecular weight excluding hydrogens is 444 g/mol. The molecule has 1 fully saturated rings. The third-order valence-electron chi connectivity index (χ3n) is 4.81. The Morgan fingerprint density at radius 2 is 1.58 bits per heavy atom. The van der Waals surface area contributed by atoms with Gasteiger partial charge < -0.3 is 9.47 Å². The molecule has 1 atom stereocenters. The van der Waals surface area contributed by atoms with Crippen molar-refractivity contribution in [3.63, 3.8) is 0 Å². The van der Waals surface area contributed by atoms with Crippen LogP contribution >= 0.6 is 0 Å². The molecule has 1 unspecified atom stereocenters. The number of carbonyl (C=O) groups is 1. The molecule has 9 nitrogen and oxygen atoms in total. The van der Waals surface area contributed by atoms with E-state index in [0.717, 1.165) is 5.56 Å². The van der Waals surface area contributed by atoms with E-state index >= 15 is 0 Å². The van der Waals surface area contributed by atoms with E-state index in [-0.39, 0.29) is 29.3 Å². The predicted octanol–water partition coefficient (Wildman–Crippen LogP) is 0.770. The van der Waals surface area contributed by atoms with Crippen LogP contribution in [0.2, 0.25) is 0 Å². The van der Waals surface area contributed by atoms with Crippen LogP contribution < -0.4 is 4.72 Å². The van der Waals surface area contributed by atoms with Crippen molar-refractivity contribution in [1.82, 2.24) is 9.03 Å². The smallest absolute Gasteiger partial charge is 0.324 e. The predicted molar refractivity (Wildman–Crippen MR) is 112 cm³/mol. The number of hydrogen-bond acceptors (Lipinski definition) is 7. The van der Waals surface area contributed by atoms with Crippen LogP contribution in [0.15, 0.2) is 64.4 Å². The summed E-state index contributed by atoms with van der Waals surface area (Å²) < 4.78 is 64.6. The molecule has 0 aliphatic carbocycles. The standard InChI is InChI=1S/C20H24N2O7S2/c1-28-20(23)19(15-16-5-3-2-4-6-16)21-30(24,25)17-7-9-18(10-8-17)31(26,27)22-11-13-29-14-12-22/h2-10,19,21H,11-15H2,1H3. The summed E-state index contributed by atoms with van der Waals surface area (Å²) in [6.45, 7) is 1.10. The maximum Gasteiger partial charge on any atom is 0.324 e. The van der Waals surface area contributed by atoms with E-state index < -0.39 is 32.1 Å². The highest BCUT2D eigenvalue weighted by Crippen LogP contribution is 2.20. The Kier molecular flexibility index (Phi) is 7.44. The summed E-state index contributed by atoms with van der Waals surface area (Å²) in [6, 6.07) is 12.7. The van der Waals surface area contributed by atoms with Crippen LogP contribution in [0.3, 0.4) is 0 Å². The van der Waals surface area contributed by atoms with Crippen molar-refractivity contribution in [3.8, 4) is 0 Å². The summed E-state index contributed by atoms with van der Waals surface area (Å²) in [5, 5.41) is 0. The van der Waals surface area contributed by atoms with E-state index in [2.05, 4.69) is 4.72 Å². The van der Waals surface area contributed by atoms with Gasteiger partial charge in [-0.3, -0.25) is 4.79 Å². The Bertz CT molecular complexity index is 1100. The lowest BCUT2D eigenvalue weighted by molar-refractivity contribution is -0.142. The summed E-state index contributed by atoms with van der Waals surface area (Å²) >= 11 is 0. The Balaban J connectivity index is 1.79. The number of methoxy groups -OCH3 is 1. The number of nitrogens with one attached hydrogen (secondary N) is 1. The second-order valence-electron chi connectivity index (χ2n) is 6.87. The van der Waals surface area contributed by atoms with Crippen LogP contribution in [0.1, 0.15) is 5.56 Å². The summed E-state index contributed by atoms with van der Waals surface area (Å²) in [5.41, 5.74) is 0.757. The number of carbonyl (C=O) groups excluding carboxylic acids is 1. The third kappa shape index (κ3) is 5.69. The number of ether oxygens (including phenoxy) is 2. The minimum atomic E-state index is -4.10. The number of hydrogen-bond donors (Lipinski definition) is 1. The lowest BCUT2D eigenvalue weighted by atomic mass is 10.1. The average Bonchev–Trinajstić information content (AvgIpc) is 2.79. The van der Waals surface area contributed by atoms with Gasteiger partial charge in [-0.25, -0.2) is 16.8 Å². The van der Waals surface area contributed by atoms with Crippen molar-refractivity contribution in [2.75, 3.05) is 33.4 Å². The highest BCUT2D eigenvalue weighted by molar-refractivity contribution is 7.89. The second kappa shape index (κ2) is 9.88. The Morgan fingerprint density at radius 1 is 1.00 bits per heavy atom. The van der Waals surface area contributed by atoms with E-state index in [1.807, 2.05) is 6.07 Å². The lowest BCUT2D eigenvalue weighted by Gasteiger charge is -2.26. The zero-order valence-corrected chi connectivity index (χ0v) is 18.6. The van der Waals surface area contributed by atoms with Crippen molar-refractivity contribution < 1.29 is 31.1 Å². The molecule has 1 N–H and O–H groups in total. The van der Waals surface area contributed by atoms with Crippen molar-refractivity contribution in [2.45, 2.75) is 22.3 Å². The topological polar surface area (TPSA) is 119 Å². The number of esters is 1. The first-order valence-electron chi connectivity index (χ1n) is 9.56. The van der Waals surface area contributed by atoms with Gasteiger partial charge in [0.25, 0.3) is 0 Å². The van der Waals surface area contributed by atoms with E-state index in [1.54, 1.807) is 24.3 Å². The van der Waals surface area contributed by atoms with Crippen molar-refractivity contribution in [2.24, 2.45) is 0 Å². The number of rotatable bonds is 8. The number of sulfonamides is 2. The van der Waals surface area contributed by atoms with Crippen LogP contribution in [0.5, 0.6) is 0 Å². The molecule has 3 rings (SSSR count). The molecule has 11 heteroatoms.